The fraction of sp³-hybridized carbons (Fsp3) is 0.400. The van der Waals surface area contributed by atoms with Gasteiger partial charge in [0.05, 0.1) is 11.6 Å². The van der Waals surface area contributed by atoms with Gasteiger partial charge in [-0.05, 0) is 50.5 Å². The molecule has 1 aliphatic heterocycles. The Balaban J connectivity index is 2.30. The van der Waals surface area contributed by atoms with Crippen LogP contribution in [0.2, 0.25) is 0 Å². The first kappa shape index (κ1) is 14.1. The molecule has 1 heterocycles. The molecule has 1 aromatic carbocycles. The van der Waals surface area contributed by atoms with Crippen LogP contribution in [0.5, 0.6) is 0 Å². The number of hydrogen-bond acceptors (Lipinski definition) is 3. The summed E-state index contributed by atoms with van der Waals surface area (Å²) >= 11 is 0. The first-order valence-electron chi connectivity index (χ1n) is 6.54. The highest BCUT2D eigenvalue weighted by Crippen LogP contribution is 2.29. The van der Waals surface area contributed by atoms with Crippen LogP contribution < -0.4 is 0 Å². The normalized spacial score (nSPS) is 22.1. The Bertz CT molecular complexity index is 574. The lowest BCUT2D eigenvalue weighted by Crippen LogP contribution is -2.57. The standard InChI is InChI=1S/C15H16N2O3/c1-15(14(19)20)8-2-3-9-17(15)13(18)12-6-4-11(10-16)5-7-12/h4-7H,2-3,8-9H2,1H3,(H,19,20). The summed E-state index contributed by atoms with van der Waals surface area (Å²) in [5.41, 5.74) is -0.261. The van der Waals surface area contributed by atoms with E-state index in [1.165, 1.54) is 4.90 Å². The van der Waals surface area contributed by atoms with E-state index in [0.29, 0.717) is 24.1 Å². The van der Waals surface area contributed by atoms with Gasteiger partial charge in [0.25, 0.3) is 5.91 Å². The molecule has 1 aliphatic rings. The number of aliphatic carboxylic acids is 1. The second-order valence-corrected chi connectivity index (χ2v) is 5.18. The van der Waals surface area contributed by atoms with Gasteiger partial charge in [0.1, 0.15) is 5.54 Å². The molecule has 0 radical (unpaired) electrons. The van der Waals surface area contributed by atoms with Gasteiger partial charge in [-0.2, -0.15) is 5.26 Å². The third-order valence-corrected chi connectivity index (χ3v) is 3.86. The molecule has 0 aliphatic carbocycles. The average molecular weight is 272 g/mol. The maximum atomic E-state index is 12.5. The van der Waals surface area contributed by atoms with Crippen LogP contribution in [0.15, 0.2) is 24.3 Å². The molecular weight excluding hydrogens is 256 g/mol. The Hall–Kier alpha value is -2.35. The number of piperidine rings is 1. The average Bonchev–Trinajstić information content (AvgIpc) is 2.47. The Kier molecular flexibility index (Phi) is 3.75. The number of nitrogens with zero attached hydrogens (tertiary/aromatic N) is 2. The topological polar surface area (TPSA) is 81.4 Å². The Morgan fingerprint density at radius 1 is 1.30 bits per heavy atom. The predicted octanol–water partition coefficient (Wildman–Crippen LogP) is 2.03. The zero-order valence-corrected chi connectivity index (χ0v) is 11.3. The van der Waals surface area contributed by atoms with E-state index in [1.807, 2.05) is 6.07 Å². The van der Waals surface area contributed by atoms with Crippen molar-refractivity contribution in [3.8, 4) is 6.07 Å². The molecule has 1 amide bonds. The summed E-state index contributed by atoms with van der Waals surface area (Å²) in [6, 6.07) is 8.25. The molecule has 5 heteroatoms. The summed E-state index contributed by atoms with van der Waals surface area (Å²) in [6.07, 6.45) is 2.08. The molecule has 1 unspecified atom stereocenters. The molecule has 0 aromatic heterocycles. The lowest BCUT2D eigenvalue weighted by atomic mass is 9.88. The zero-order valence-electron chi connectivity index (χ0n) is 11.3. The number of nitriles is 1. The van der Waals surface area contributed by atoms with E-state index in [1.54, 1.807) is 31.2 Å². The molecule has 1 atom stereocenters. The van der Waals surface area contributed by atoms with E-state index in [2.05, 4.69) is 0 Å². The minimum Gasteiger partial charge on any atom is -0.480 e. The number of amides is 1. The number of carbonyl (C=O) groups excluding carboxylic acids is 1. The van der Waals surface area contributed by atoms with Crippen molar-refractivity contribution < 1.29 is 14.7 Å². The maximum absolute atomic E-state index is 12.5. The van der Waals surface area contributed by atoms with Gasteiger partial charge in [-0.3, -0.25) is 4.79 Å². The molecule has 2 rings (SSSR count). The Labute approximate surface area is 117 Å². The highest BCUT2D eigenvalue weighted by atomic mass is 16.4. The van der Waals surface area contributed by atoms with Crippen LogP contribution in [0, 0.1) is 11.3 Å². The van der Waals surface area contributed by atoms with Crippen LogP contribution >= 0.6 is 0 Å². The van der Waals surface area contributed by atoms with E-state index in [0.717, 1.165) is 12.8 Å². The molecule has 1 aromatic rings. The van der Waals surface area contributed by atoms with Gasteiger partial charge in [-0.1, -0.05) is 0 Å². The summed E-state index contributed by atoms with van der Waals surface area (Å²) < 4.78 is 0. The van der Waals surface area contributed by atoms with Crippen molar-refractivity contribution in [2.75, 3.05) is 6.54 Å². The molecule has 1 fully saturated rings. The molecule has 0 bridgehead atoms. The fourth-order valence-corrected chi connectivity index (χ4v) is 2.51. The van der Waals surface area contributed by atoms with Gasteiger partial charge >= 0.3 is 5.97 Å². The van der Waals surface area contributed by atoms with Crippen LogP contribution in [-0.2, 0) is 4.79 Å². The lowest BCUT2D eigenvalue weighted by Gasteiger charge is -2.41. The van der Waals surface area contributed by atoms with Crippen LogP contribution in [0.4, 0.5) is 0 Å². The first-order valence-corrected chi connectivity index (χ1v) is 6.54. The highest BCUT2D eigenvalue weighted by Gasteiger charge is 2.44. The summed E-state index contributed by atoms with van der Waals surface area (Å²) in [4.78, 5) is 25.4. The van der Waals surface area contributed by atoms with Crippen LogP contribution in [0.25, 0.3) is 0 Å². The third-order valence-electron chi connectivity index (χ3n) is 3.86. The number of carboxylic acid groups (broad SMARTS) is 1. The maximum Gasteiger partial charge on any atom is 0.329 e. The van der Waals surface area contributed by atoms with Crippen LogP contribution in [0.1, 0.15) is 42.1 Å². The van der Waals surface area contributed by atoms with E-state index >= 15 is 0 Å². The van der Waals surface area contributed by atoms with Crippen molar-refractivity contribution in [1.82, 2.24) is 4.90 Å². The van der Waals surface area contributed by atoms with Gasteiger partial charge in [0.15, 0.2) is 0 Å². The number of hydrogen-bond donors (Lipinski definition) is 1. The second-order valence-electron chi connectivity index (χ2n) is 5.18. The fourth-order valence-electron chi connectivity index (χ4n) is 2.51. The number of carboxylic acids is 1. The second kappa shape index (κ2) is 5.33. The first-order chi connectivity index (χ1) is 9.49. The molecule has 0 spiro atoms. The lowest BCUT2D eigenvalue weighted by molar-refractivity contribution is -0.150. The number of carbonyl (C=O) groups is 2. The smallest absolute Gasteiger partial charge is 0.329 e. The van der Waals surface area contributed by atoms with E-state index in [9.17, 15) is 14.7 Å². The van der Waals surface area contributed by atoms with E-state index in [4.69, 9.17) is 5.26 Å². The van der Waals surface area contributed by atoms with Crippen molar-refractivity contribution in [1.29, 1.82) is 5.26 Å². The Morgan fingerprint density at radius 3 is 2.50 bits per heavy atom. The molecule has 1 N–H and O–H groups in total. The largest absolute Gasteiger partial charge is 0.480 e. The summed E-state index contributed by atoms with van der Waals surface area (Å²) in [6.45, 7) is 2.04. The predicted molar refractivity (Wildman–Crippen MR) is 72.1 cm³/mol. The van der Waals surface area contributed by atoms with Crippen molar-refractivity contribution in [3.63, 3.8) is 0 Å². The minimum atomic E-state index is -1.15. The quantitative estimate of drug-likeness (QED) is 0.893. The summed E-state index contributed by atoms with van der Waals surface area (Å²) in [5, 5.41) is 18.2. The molecule has 104 valence electrons. The third kappa shape index (κ3) is 2.37. The van der Waals surface area contributed by atoms with Gasteiger partial charge in [-0.15, -0.1) is 0 Å². The molecule has 0 saturated carbocycles. The van der Waals surface area contributed by atoms with Crippen molar-refractivity contribution in [3.05, 3.63) is 35.4 Å². The monoisotopic (exact) mass is 272 g/mol. The summed E-state index contributed by atoms with van der Waals surface area (Å²) in [5.74, 6) is -1.27. The van der Waals surface area contributed by atoms with Crippen molar-refractivity contribution in [2.45, 2.75) is 31.7 Å². The van der Waals surface area contributed by atoms with Crippen molar-refractivity contribution >= 4 is 11.9 Å². The zero-order chi connectivity index (χ0) is 14.8. The van der Waals surface area contributed by atoms with Crippen LogP contribution in [-0.4, -0.2) is 34.0 Å². The van der Waals surface area contributed by atoms with Gasteiger partial charge < -0.3 is 10.0 Å². The van der Waals surface area contributed by atoms with Crippen molar-refractivity contribution in [2.24, 2.45) is 0 Å². The minimum absolute atomic E-state index is 0.293. The van der Waals surface area contributed by atoms with Gasteiger partial charge in [-0.25, -0.2) is 4.79 Å². The SMILES string of the molecule is CC1(C(=O)O)CCCCN1C(=O)c1ccc(C#N)cc1. The summed E-state index contributed by atoms with van der Waals surface area (Å²) in [7, 11) is 0. The van der Waals surface area contributed by atoms with Gasteiger partial charge in [0, 0.05) is 12.1 Å². The van der Waals surface area contributed by atoms with Crippen LogP contribution in [0.3, 0.4) is 0 Å². The molecule has 1 saturated heterocycles. The molecular formula is C15H16N2O3. The van der Waals surface area contributed by atoms with Gasteiger partial charge in [0.2, 0.25) is 0 Å². The van der Waals surface area contributed by atoms with E-state index in [-0.39, 0.29) is 5.91 Å². The number of rotatable bonds is 2. The molecule has 5 nitrogen and oxygen atoms in total. The number of benzene rings is 1. The highest BCUT2D eigenvalue weighted by molar-refractivity contribution is 5.98. The van der Waals surface area contributed by atoms with E-state index < -0.39 is 11.5 Å². The molecule has 20 heavy (non-hydrogen) atoms. The Morgan fingerprint density at radius 2 is 1.95 bits per heavy atom. The number of likely N-dealkylation sites (tertiary alicyclic amines) is 1.